The Kier molecular flexibility index (Phi) is 4.59. The van der Waals surface area contributed by atoms with Gasteiger partial charge in [0.15, 0.2) is 0 Å². The molecule has 13 heavy (non-hydrogen) atoms. The van der Waals surface area contributed by atoms with Gasteiger partial charge in [0.1, 0.15) is 0 Å². The molecule has 3 nitrogen and oxygen atoms in total. The highest BCUT2D eigenvalue weighted by atomic mass is 32.2. The number of thioether (sulfide) groups is 1. The van der Waals surface area contributed by atoms with E-state index < -0.39 is 5.97 Å². The van der Waals surface area contributed by atoms with Crippen molar-refractivity contribution in [3.63, 3.8) is 0 Å². The maximum Gasteiger partial charge on any atom is 0.303 e. The van der Waals surface area contributed by atoms with Crippen molar-refractivity contribution >= 4 is 17.7 Å². The summed E-state index contributed by atoms with van der Waals surface area (Å²) in [6, 6.07) is 0.342. The second-order valence-corrected chi connectivity index (χ2v) is 4.85. The summed E-state index contributed by atoms with van der Waals surface area (Å²) in [7, 11) is 0. The van der Waals surface area contributed by atoms with Gasteiger partial charge < -0.3 is 10.8 Å². The number of unbranched alkanes of at least 4 members (excludes halogenated alkanes) is 1. The molecule has 0 saturated carbocycles. The molecule has 0 aromatic rings. The summed E-state index contributed by atoms with van der Waals surface area (Å²) in [6.45, 7) is 0. The Morgan fingerprint density at radius 3 is 2.85 bits per heavy atom. The molecule has 0 amide bonds. The van der Waals surface area contributed by atoms with Gasteiger partial charge in [-0.05, 0) is 25.0 Å². The minimum absolute atomic E-state index is 0.298. The van der Waals surface area contributed by atoms with Crippen molar-refractivity contribution in [1.82, 2.24) is 0 Å². The molecule has 2 atom stereocenters. The fourth-order valence-corrected chi connectivity index (χ4v) is 3.01. The molecule has 3 N–H and O–H groups in total. The lowest BCUT2D eigenvalue weighted by atomic mass is 10.1. The SMILES string of the molecule is NC1CCSC1CCCCC(=O)O. The molecule has 1 rings (SSSR count). The molecule has 0 aromatic heterocycles. The van der Waals surface area contributed by atoms with E-state index in [0.29, 0.717) is 17.7 Å². The third-order valence-corrected chi connectivity index (χ3v) is 3.87. The molecule has 0 radical (unpaired) electrons. The molecule has 0 aromatic carbocycles. The first-order valence-electron chi connectivity index (χ1n) is 4.79. The molecule has 76 valence electrons. The van der Waals surface area contributed by atoms with Crippen molar-refractivity contribution in [1.29, 1.82) is 0 Å². The average Bonchev–Trinajstić information content (AvgIpc) is 2.45. The van der Waals surface area contributed by atoms with Gasteiger partial charge in [-0.25, -0.2) is 0 Å². The first-order chi connectivity index (χ1) is 6.20. The molecule has 0 aliphatic carbocycles. The highest BCUT2D eigenvalue weighted by molar-refractivity contribution is 8.00. The van der Waals surface area contributed by atoms with Gasteiger partial charge in [-0.1, -0.05) is 6.42 Å². The summed E-state index contributed by atoms with van der Waals surface area (Å²) < 4.78 is 0. The van der Waals surface area contributed by atoms with Crippen molar-refractivity contribution in [2.45, 2.75) is 43.4 Å². The first-order valence-corrected chi connectivity index (χ1v) is 5.84. The van der Waals surface area contributed by atoms with Crippen LogP contribution >= 0.6 is 11.8 Å². The van der Waals surface area contributed by atoms with Gasteiger partial charge in [-0.15, -0.1) is 0 Å². The monoisotopic (exact) mass is 203 g/mol. The van der Waals surface area contributed by atoms with Crippen LogP contribution in [0.1, 0.15) is 32.1 Å². The lowest BCUT2D eigenvalue weighted by Crippen LogP contribution is -2.27. The Hall–Kier alpha value is -0.220. The molecule has 1 fully saturated rings. The van der Waals surface area contributed by atoms with Crippen molar-refractivity contribution in [3.8, 4) is 0 Å². The van der Waals surface area contributed by atoms with Crippen molar-refractivity contribution < 1.29 is 9.90 Å². The van der Waals surface area contributed by atoms with Crippen molar-refractivity contribution in [2.75, 3.05) is 5.75 Å². The highest BCUT2D eigenvalue weighted by Crippen LogP contribution is 2.29. The Bertz CT molecular complexity index is 175. The van der Waals surface area contributed by atoms with Crippen molar-refractivity contribution in [2.24, 2.45) is 5.73 Å². The zero-order valence-corrected chi connectivity index (χ0v) is 8.55. The second kappa shape index (κ2) is 5.50. The van der Waals surface area contributed by atoms with Crippen LogP contribution in [0.25, 0.3) is 0 Å². The average molecular weight is 203 g/mol. The van der Waals surface area contributed by atoms with Gasteiger partial charge in [-0.2, -0.15) is 11.8 Å². The lowest BCUT2D eigenvalue weighted by Gasteiger charge is -2.13. The number of hydrogen-bond donors (Lipinski definition) is 2. The van der Waals surface area contributed by atoms with Gasteiger partial charge in [0.25, 0.3) is 0 Å². The largest absolute Gasteiger partial charge is 0.481 e. The highest BCUT2D eigenvalue weighted by Gasteiger charge is 2.23. The smallest absolute Gasteiger partial charge is 0.303 e. The third-order valence-electron chi connectivity index (χ3n) is 2.39. The Labute approximate surface area is 83.1 Å². The van der Waals surface area contributed by atoms with Gasteiger partial charge in [0.05, 0.1) is 0 Å². The maximum atomic E-state index is 10.2. The van der Waals surface area contributed by atoms with Gasteiger partial charge in [-0.3, -0.25) is 4.79 Å². The van der Waals surface area contributed by atoms with E-state index in [2.05, 4.69) is 0 Å². The molecular formula is C9H17NO2S. The quantitative estimate of drug-likeness (QED) is 0.664. The number of rotatable bonds is 5. The van der Waals surface area contributed by atoms with Crippen LogP contribution in [-0.2, 0) is 4.79 Å². The molecule has 0 spiro atoms. The predicted molar refractivity (Wildman–Crippen MR) is 54.9 cm³/mol. The summed E-state index contributed by atoms with van der Waals surface area (Å²) >= 11 is 1.94. The van der Waals surface area contributed by atoms with Crippen LogP contribution in [0.5, 0.6) is 0 Å². The fourth-order valence-electron chi connectivity index (χ4n) is 1.58. The summed E-state index contributed by atoms with van der Waals surface area (Å²) in [6.07, 6.45) is 4.29. The minimum atomic E-state index is -0.691. The molecule has 1 heterocycles. The van der Waals surface area contributed by atoms with Crippen LogP contribution in [0.2, 0.25) is 0 Å². The normalized spacial score (nSPS) is 27.8. The number of hydrogen-bond acceptors (Lipinski definition) is 3. The van der Waals surface area contributed by atoms with E-state index in [4.69, 9.17) is 10.8 Å². The van der Waals surface area contributed by atoms with Crippen LogP contribution in [0.4, 0.5) is 0 Å². The van der Waals surface area contributed by atoms with Crippen LogP contribution in [0, 0.1) is 0 Å². The van der Waals surface area contributed by atoms with Gasteiger partial charge >= 0.3 is 5.97 Å². The Morgan fingerprint density at radius 2 is 2.31 bits per heavy atom. The molecular weight excluding hydrogens is 186 g/mol. The summed E-state index contributed by atoms with van der Waals surface area (Å²) in [5, 5.41) is 9.01. The number of nitrogens with two attached hydrogens (primary N) is 1. The van der Waals surface area contributed by atoms with E-state index in [-0.39, 0.29) is 0 Å². The van der Waals surface area contributed by atoms with E-state index in [0.717, 1.165) is 25.7 Å². The predicted octanol–water partition coefficient (Wildman–Crippen LogP) is 1.46. The van der Waals surface area contributed by atoms with Gasteiger partial charge in [0.2, 0.25) is 0 Å². The van der Waals surface area contributed by atoms with Crippen LogP contribution in [0.15, 0.2) is 0 Å². The Morgan fingerprint density at radius 1 is 1.54 bits per heavy atom. The molecule has 1 aliphatic rings. The number of carboxylic acids is 1. The van der Waals surface area contributed by atoms with E-state index in [9.17, 15) is 4.79 Å². The zero-order valence-electron chi connectivity index (χ0n) is 7.74. The third kappa shape index (κ3) is 4.00. The first kappa shape index (κ1) is 10.9. The van der Waals surface area contributed by atoms with E-state index in [1.165, 1.54) is 5.75 Å². The van der Waals surface area contributed by atoms with Crippen LogP contribution in [0.3, 0.4) is 0 Å². The maximum absolute atomic E-state index is 10.2. The van der Waals surface area contributed by atoms with E-state index >= 15 is 0 Å². The van der Waals surface area contributed by atoms with E-state index in [1.54, 1.807) is 0 Å². The van der Waals surface area contributed by atoms with Crippen LogP contribution < -0.4 is 5.73 Å². The molecule has 2 unspecified atom stereocenters. The van der Waals surface area contributed by atoms with E-state index in [1.807, 2.05) is 11.8 Å². The zero-order chi connectivity index (χ0) is 9.68. The topological polar surface area (TPSA) is 63.3 Å². The number of aliphatic carboxylic acids is 1. The summed E-state index contributed by atoms with van der Waals surface area (Å²) in [5.74, 6) is 0.480. The molecule has 4 heteroatoms. The fraction of sp³-hybridized carbons (Fsp3) is 0.889. The summed E-state index contributed by atoms with van der Waals surface area (Å²) in [4.78, 5) is 10.2. The second-order valence-electron chi connectivity index (χ2n) is 3.50. The summed E-state index contributed by atoms with van der Waals surface area (Å²) in [5.41, 5.74) is 5.88. The lowest BCUT2D eigenvalue weighted by molar-refractivity contribution is -0.137. The van der Waals surface area contributed by atoms with Crippen LogP contribution in [-0.4, -0.2) is 28.1 Å². The molecule has 1 aliphatic heterocycles. The number of carboxylic acid groups (broad SMARTS) is 1. The standard InChI is InChI=1S/C9H17NO2S/c10-7-5-6-13-8(7)3-1-2-4-9(11)12/h7-8H,1-6,10H2,(H,11,12). The number of carbonyl (C=O) groups is 1. The molecule has 1 saturated heterocycles. The minimum Gasteiger partial charge on any atom is -0.481 e. The van der Waals surface area contributed by atoms with Gasteiger partial charge in [0, 0.05) is 17.7 Å². The van der Waals surface area contributed by atoms with Crippen molar-refractivity contribution in [3.05, 3.63) is 0 Å². The molecule has 0 bridgehead atoms. The Balaban J connectivity index is 2.02.